The molecule has 0 atom stereocenters. The van der Waals surface area contributed by atoms with E-state index in [9.17, 15) is 0 Å². The van der Waals surface area contributed by atoms with E-state index >= 15 is 0 Å². The molecule has 0 amide bonds. The number of nitrogens with zero attached hydrogens (tertiary/aromatic N) is 1. The van der Waals surface area contributed by atoms with Crippen molar-refractivity contribution < 1.29 is 0 Å². The molecule has 18 heavy (non-hydrogen) atoms. The van der Waals surface area contributed by atoms with Crippen LogP contribution in [0.4, 0.5) is 5.82 Å². The van der Waals surface area contributed by atoms with Crippen LogP contribution in [-0.2, 0) is 0 Å². The highest BCUT2D eigenvalue weighted by molar-refractivity contribution is 5.82. The number of nitrogen functional groups attached to an aromatic ring is 1. The molecule has 0 radical (unpaired) electrons. The minimum atomic E-state index is 0.577. The predicted molar refractivity (Wildman–Crippen MR) is 73.9 cm³/mol. The Morgan fingerprint density at radius 2 is 1.50 bits per heavy atom. The van der Waals surface area contributed by atoms with Crippen LogP contribution in [0.15, 0.2) is 60.7 Å². The van der Waals surface area contributed by atoms with E-state index in [1.165, 1.54) is 5.56 Å². The Morgan fingerprint density at radius 3 is 2.17 bits per heavy atom. The van der Waals surface area contributed by atoms with Crippen LogP contribution in [0.3, 0.4) is 0 Å². The summed E-state index contributed by atoms with van der Waals surface area (Å²) in [6.45, 7) is 0. The largest absolute Gasteiger partial charge is 0.384 e. The number of hydrogen-bond donors (Lipinski definition) is 2. The van der Waals surface area contributed by atoms with Gasteiger partial charge in [-0.1, -0.05) is 54.6 Å². The van der Waals surface area contributed by atoms with Crippen LogP contribution in [0, 0.1) is 0 Å². The van der Waals surface area contributed by atoms with Crippen LogP contribution >= 0.6 is 0 Å². The number of aromatic nitrogens is 2. The molecule has 0 aliphatic heterocycles. The third-order valence-corrected chi connectivity index (χ3v) is 2.89. The lowest BCUT2D eigenvalue weighted by molar-refractivity contribution is 1.10. The topological polar surface area (TPSA) is 54.7 Å². The molecule has 0 bridgehead atoms. The van der Waals surface area contributed by atoms with Gasteiger partial charge in [0.25, 0.3) is 0 Å². The van der Waals surface area contributed by atoms with E-state index in [2.05, 4.69) is 34.5 Å². The van der Waals surface area contributed by atoms with Crippen LogP contribution in [0.5, 0.6) is 0 Å². The summed E-state index contributed by atoms with van der Waals surface area (Å²) in [7, 11) is 0. The van der Waals surface area contributed by atoms with Crippen molar-refractivity contribution in [3.8, 4) is 22.4 Å². The molecule has 0 saturated heterocycles. The monoisotopic (exact) mass is 235 g/mol. The van der Waals surface area contributed by atoms with Crippen LogP contribution in [0.2, 0.25) is 0 Å². The van der Waals surface area contributed by atoms with Gasteiger partial charge in [0.1, 0.15) is 5.82 Å². The summed E-state index contributed by atoms with van der Waals surface area (Å²) in [5, 5.41) is 7.00. The zero-order chi connectivity index (χ0) is 12.4. The standard InChI is InChI=1S/C15H13N3/c16-15-10-14(17-18-15)13-9-5-4-8-12(13)11-6-2-1-3-7-11/h1-10H,(H3,16,17,18). The number of nitrogens with one attached hydrogen (secondary N) is 1. The number of nitrogens with two attached hydrogens (primary N) is 1. The highest BCUT2D eigenvalue weighted by atomic mass is 15.2. The SMILES string of the molecule is Nc1cc(-c2ccccc2-c2ccccc2)n[nH]1. The van der Waals surface area contributed by atoms with Crippen LogP contribution in [-0.4, -0.2) is 10.2 Å². The molecular formula is C15H13N3. The lowest BCUT2D eigenvalue weighted by atomic mass is 9.98. The van der Waals surface area contributed by atoms with E-state index in [0.29, 0.717) is 5.82 Å². The van der Waals surface area contributed by atoms with Crippen molar-refractivity contribution in [2.45, 2.75) is 0 Å². The van der Waals surface area contributed by atoms with Gasteiger partial charge in [0.2, 0.25) is 0 Å². The van der Waals surface area contributed by atoms with Gasteiger partial charge in [-0.05, 0) is 11.1 Å². The number of H-pyrrole nitrogens is 1. The van der Waals surface area contributed by atoms with Gasteiger partial charge in [0.15, 0.2) is 0 Å². The van der Waals surface area contributed by atoms with E-state index in [0.717, 1.165) is 16.8 Å². The van der Waals surface area contributed by atoms with Gasteiger partial charge in [-0.25, -0.2) is 0 Å². The summed E-state index contributed by atoms with van der Waals surface area (Å²) in [6, 6.07) is 20.3. The van der Waals surface area contributed by atoms with Gasteiger partial charge in [-0.3, -0.25) is 5.10 Å². The highest BCUT2D eigenvalue weighted by Gasteiger charge is 2.08. The second kappa shape index (κ2) is 4.37. The first-order valence-corrected chi connectivity index (χ1v) is 5.80. The van der Waals surface area contributed by atoms with Gasteiger partial charge < -0.3 is 5.73 Å². The number of benzene rings is 2. The molecular weight excluding hydrogens is 222 g/mol. The lowest BCUT2D eigenvalue weighted by Gasteiger charge is -2.07. The summed E-state index contributed by atoms with van der Waals surface area (Å²) in [6.07, 6.45) is 0. The fraction of sp³-hybridized carbons (Fsp3) is 0. The van der Waals surface area contributed by atoms with E-state index in [1.807, 2.05) is 36.4 Å². The average molecular weight is 235 g/mol. The molecule has 3 rings (SSSR count). The van der Waals surface area contributed by atoms with Crippen molar-refractivity contribution in [2.75, 3.05) is 5.73 Å². The van der Waals surface area contributed by atoms with E-state index in [1.54, 1.807) is 0 Å². The van der Waals surface area contributed by atoms with Gasteiger partial charge in [-0.15, -0.1) is 0 Å². The van der Waals surface area contributed by atoms with Crippen LogP contribution < -0.4 is 5.73 Å². The Hall–Kier alpha value is -2.55. The van der Waals surface area contributed by atoms with Gasteiger partial charge in [0.05, 0.1) is 5.69 Å². The molecule has 0 saturated carbocycles. The lowest BCUT2D eigenvalue weighted by Crippen LogP contribution is -1.84. The number of anilines is 1. The highest BCUT2D eigenvalue weighted by Crippen LogP contribution is 2.31. The molecule has 3 heteroatoms. The summed E-state index contributed by atoms with van der Waals surface area (Å²) in [4.78, 5) is 0. The first kappa shape index (κ1) is 10.6. The third kappa shape index (κ3) is 1.86. The van der Waals surface area contributed by atoms with Crippen molar-refractivity contribution in [1.82, 2.24) is 10.2 Å². The van der Waals surface area contributed by atoms with E-state index in [4.69, 9.17) is 5.73 Å². The number of hydrogen-bond acceptors (Lipinski definition) is 2. The Bertz CT molecular complexity index is 656. The Labute approximate surface area is 105 Å². The summed E-state index contributed by atoms with van der Waals surface area (Å²) >= 11 is 0. The Morgan fingerprint density at radius 1 is 0.833 bits per heavy atom. The number of rotatable bonds is 2. The summed E-state index contributed by atoms with van der Waals surface area (Å²) in [5.41, 5.74) is 9.97. The maximum absolute atomic E-state index is 5.69. The molecule has 0 aliphatic carbocycles. The third-order valence-electron chi connectivity index (χ3n) is 2.89. The molecule has 2 aromatic carbocycles. The molecule has 0 aliphatic rings. The van der Waals surface area contributed by atoms with Crippen molar-refractivity contribution in [2.24, 2.45) is 0 Å². The second-order valence-corrected chi connectivity index (χ2v) is 4.12. The molecule has 0 spiro atoms. The Balaban J connectivity index is 2.17. The molecule has 3 aromatic rings. The molecule has 0 fully saturated rings. The zero-order valence-corrected chi connectivity index (χ0v) is 9.80. The molecule has 88 valence electrons. The molecule has 1 aromatic heterocycles. The molecule has 3 N–H and O–H groups in total. The smallest absolute Gasteiger partial charge is 0.119 e. The molecule has 3 nitrogen and oxygen atoms in total. The predicted octanol–water partition coefficient (Wildman–Crippen LogP) is 3.33. The normalized spacial score (nSPS) is 10.4. The fourth-order valence-corrected chi connectivity index (χ4v) is 2.05. The first-order valence-electron chi connectivity index (χ1n) is 5.80. The minimum absolute atomic E-state index is 0.577. The van der Waals surface area contributed by atoms with E-state index < -0.39 is 0 Å². The summed E-state index contributed by atoms with van der Waals surface area (Å²) in [5.74, 6) is 0.577. The maximum Gasteiger partial charge on any atom is 0.119 e. The fourth-order valence-electron chi connectivity index (χ4n) is 2.05. The quantitative estimate of drug-likeness (QED) is 0.715. The maximum atomic E-state index is 5.69. The van der Waals surface area contributed by atoms with Crippen molar-refractivity contribution in [1.29, 1.82) is 0 Å². The average Bonchev–Trinajstić information content (AvgIpc) is 2.86. The zero-order valence-electron chi connectivity index (χ0n) is 9.80. The van der Waals surface area contributed by atoms with Crippen molar-refractivity contribution >= 4 is 5.82 Å². The van der Waals surface area contributed by atoms with Gasteiger partial charge >= 0.3 is 0 Å². The minimum Gasteiger partial charge on any atom is -0.384 e. The van der Waals surface area contributed by atoms with Crippen molar-refractivity contribution in [3.63, 3.8) is 0 Å². The van der Waals surface area contributed by atoms with Crippen LogP contribution in [0.25, 0.3) is 22.4 Å². The second-order valence-electron chi connectivity index (χ2n) is 4.12. The number of aromatic amines is 1. The molecule has 1 heterocycles. The van der Waals surface area contributed by atoms with E-state index in [-0.39, 0.29) is 0 Å². The summed E-state index contributed by atoms with van der Waals surface area (Å²) < 4.78 is 0. The van der Waals surface area contributed by atoms with Gasteiger partial charge in [-0.2, -0.15) is 5.10 Å². The van der Waals surface area contributed by atoms with Gasteiger partial charge in [0, 0.05) is 11.6 Å². The first-order chi connectivity index (χ1) is 8.84. The van der Waals surface area contributed by atoms with Crippen molar-refractivity contribution in [3.05, 3.63) is 60.7 Å². The van der Waals surface area contributed by atoms with Crippen LogP contribution in [0.1, 0.15) is 0 Å². The molecule has 0 unspecified atom stereocenters. The Kier molecular flexibility index (Phi) is 2.57.